The molecule has 0 saturated carbocycles. The van der Waals surface area contributed by atoms with Crippen molar-refractivity contribution in [2.75, 3.05) is 17.6 Å². The maximum absolute atomic E-state index is 11.7. The van der Waals surface area contributed by atoms with Crippen molar-refractivity contribution in [2.45, 2.75) is 6.04 Å². The zero-order chi connectivity index (χ0) is 13.9. The summed E-state index contributed by atoms with van der Waals surface area (Å²) in [5.41, 5.74) is 0.691. The number of carbonyl (C=O) groups is 1. The smallest absolute Gasteiger partial charge is 0.238 e. The Labute approximate surface area is 120 Å². The highest BCUT2D eigenvalue weighted by Gasteiger charge is 2.21. The molecular weight excluding hydrogens is 332 g/mol. The molecule has 0 saturated heterocycles. The summed E-state index contributed by atoms with van der Waals surface area (Å²) in [5, 5.41) is 6.78. The van der Waals surface area contributed by atoms with E-state index in [1.54, 1.807) is 18.2 Å². The molecule has 1 aromatic rings. The summed E-state index contributed by atoms with van der Waals surface area (Å²) in [6, 6.07) is 6.96. The predicted molar refractivity (Wildman–Crippen MR) is 77.5 cm³/mol. The number of carbonyl (C=O) groups excluding carboxylic acids is 1. The first kappa shape index (κ1) is 14.2. The molecule has 0 radical (unpaired) electrons. The second-order valence-corrected chi connectivity index (χ2v) is 7.05. The van der Waals surface area contributed by atoms with Gasteiger partial charge in [0.05, 0.1) is 12.3 Å². The zero-order valence-corrected chi connectivity index (χ0v) is 12.4. The lowest BCUT2D eigenvalue weighted by Crippen LogP contribution is -2.36. The normalized spacial score (nSPS) is 20.4. The van der Waals surface area contributed by atoms with Gasteiger partial charge in [-0.2, -0.15) is 0 Å². The van der Waals surface area contributed by atoms with Gasteiger partial charge in [-0.15, -0.1) is 0 Å². The fourth-order valence-corrected chi connectivity index (χ4v) is 3.37. The monoisotopic (exact) mass is 344 g/mol. The first-order valence-corrected chi connectivity index (χ1v) is 8.15. The van der Waals surface area contributed by atoms with E-state index in [0.29, 0.717) is 5.69 Å². The highest BCUT2D eigenvalue weighted by Crippen LogP contribution is 2.15. The number of halogens is 1. The average molecular weight is 345 g/mol. The van der Waals surface area contributed by atoms with Crippen LogP contribution in [0, 0.1) is 0 Å². The van der Waals surface area contributed by atoms with Gasteiger partial charge in [-0.25, -0.2) is 8.42 Å². The highest BCUT2D eigenvalue weighted by atomic mass is 79.9. The van der Waals surface area contributed by atoms with Crippen molar-refractivity contribution in [3.05, 3.63) is 40.2 Å². The molecule has 5 nitrogen and oxygen atoms in total. The third kappa shape index (κ3) is 4.45. The van der Waals surface area contributed by atoms with E-state index in [1.807, 2.05) is 12.1 Å². The van der Waals surface area contributed by atoms with Crippen molar-refractivity contribution >= 4 is 37.4 Å². The van der Waals surface area contributed by atoms with Crippen molar-refractivity contribution in [3.63, 3.8) is 0 Å². The van der Waals surface area contributed by atoms with Crippen molar-refractivity contribution in [1.29, 1.82) is 0 Å². The van der Waals surface area contributed by atoms with Gasteiger partial charge in [0.1, 0.15) is 0 Å². The Morgan fingerprint density at radius 2 is 2.21 bits per heavy atom. The molecule has 0 bridgehead atoms. The van der Waals surface area contributed by atoms with Gasteiger partial charge in [0, 0.05) is 21.6 Å². The molecule has 1 aromatic carbocycles. The summed E-state index contributed by atoms with van der Waals surface area (Å²) >= 11 is 3.31. The molecule has 0 aromatic heterocycles. The van der Waals surface area contributed by atoms with Gasteiger partial charge < -0.3 is 10.6 Å². The van der Waals surface area contributed by atoms with Crippen LogP contribution in [0.2, 0.25) is 0 Å². The lowest BCUT2D eigenvalue weighted by Gasteiger charge is -2.10. The van der Waals surface area contributed by atoms with Crippen LogP contribution in [0.5, 0.6) is 0 Å². The van der Waals surface area contributed by atoms with Gasteiger partial charge in [-0.1, -0.05) is 28.1 Å². The Morgan fingerprint density at radius 1 is 1.42 bits per heavy atom. The lowest BCUT2D eigenvalue weighted by molar-refractivity contribution is -0.115. The van der Waals surface area contributed by atoms with E-state index >= 15 is 0 Å². The molecule has 1 heterocycles. The summed E-state index contributed by atoms with van der Waals surface area (Å²) in [6.07, 6.45) is 1.56. The number of anilines is 1. The van der Waals surface area contributed by atoms with Crippen LogP contribution in [0.15, 0.2) is 40.2 Å². The Hall–Kier alpha value is -1.18. The maximum Gasteiger partial charge on any atom is 0.238 e. The first-order valence-electron chi connectivity index (χ1n) is 5.64. The first-order chi connectivity index (χ1) is 8.94. The highest BCUT2D eigenvalue weighted by molar-refractivity contribution is 9.10. The summed E-state index contributed by atoms with van der Waals surface area (Å²) in [5.74, 6) is -0.201. The van der Waals surface area contributed by atoms with Crippen LogP contribution in [0.25, 0.3) is 0 Å². The molecule has 19 heavy (non-hydrogen) atoms. The Kier molecular flexibility index (Phi) is 4.38. The van der Waals surface area contributed by atoms with Crippen LogP contribution in [-0.4, -0.2) is 32.7 Å². The van der Waals surface area contributed by atoms with Crippen molar-refractivity contribution in [3.8, 4) is 0 Å². The third-order valence-corrected chi connectivity index (χ3v) is 4.45. The number of sulfone groups is 1. The fraction of sp³-hybridized carbons (Fsp3) is 0.250. The number of rotatable bonds is 4. The molecule has 0 spiro atoms. The van der Waals surface area contributed by atoms with Crippen LogP contribution in [0.4, 0.5) is 5.69 Å². The number of hydrogen-bond donors (Lipinski definition) is 2. The van der Waals surface area contributed by atoms with Crippen molar-refractivity contribution in [2.24, 2.45) is 0 Å². The van der Waals surface area contributed by atoms with Gasteiger partial charge in [-0.3, -0.25) is 4.79 Å². The average Bonchev–Trinajstić information content (AvgIpc) is 2.66. The number of nitrogens with one attached hydrogen (secondary N) is 2. The van der Waals surface area contributed by atoms with E-state index in [1.165, 1.54) is 5.41 Å². The topological polar surface area (TPSA) is 75.3 Å². The molecule has 0 fully saturated rings. The Morgan fingerprint density at radius 3 is 2.84 bits per heavy atom. The molecule has 2 N–H and O–H groups in total. The van der Waals surface area contributed by atoms with Crippen LogP contribution in [0.1, 0.15) is 0 Å². The summed E-state index contributed by atoms with van der Waals surface area (Å²) in [7, 11) is -3.09. The van der Waals surface area contributed by atoms with Gasteiger partial charge >= 0.3 is 0 Å². The lowest BCUT2D eigenvalue weighted by atomic mass is 10.3. The molecule has 1 amide bonds. The van der Waals surface area contributed by atoms with Crippen LogP contribution >= 0.6 is 15.9 Å². The molecule has 7 heteroatoms. The SMILES string of the molecule is O=C(CNC1C=CS(=O)(=O)C1)Nc1cccc(Br)c1. The maximum atomic E-state index is 11.7. The standard InChI is InChI=1S/C12H13BrN2O3S/c13-9-2-1-3-10(6-9)15-12(16)7-14-11-4-5-19(17,18)8-11/h1-6,11,14H,7-8H2,(H,15,16). The van der Waals surface area contributed by atoms with Crippen molar-refractivity contribution < 1.29 is 13.2 Å². The molecule has 1 aliphatic rings. The number of hydrogen-bond acceptors (Lipinski definition) is 4. The van der Waals surface area contributed by atoms with E-state index in [9.17, 15) is 13.2 Å². The number of amides is 1. The molecule has 2 rings (SSSR count). The second kappa shape index (κ2) is 5.85. The van der Waals surface area contributed by atoms with Crippen LogP contribution in [0.3, 0.4) is 0 Å². The minimum Gasteiger partial charge on any atom is -0.325 e. The minimum atomic E-state index is -3.09. The Bertz CT molecular complexity index is 613. The zero-order valence-electron chi connectivity index (χ0n) is 9.97. The largest absolute Gasteiger partial charge is 0.325 e. The van der Waals surface area contributed by atoms with E-state index in [0.717, 1.165) is 4.47 Å². The fourth-order valence-electron chi connectivity index (χ4n) is 1.70. The quantitative estimate of drug-likeness (QED) is 0.862. The van der Waals surface area contributed by atoms with E-state index in [4.69, 9.17) is 0 Å². The van der Waals surface area contributed by atoms with Gasteiger partial charge in [-0.05, 0) is 18.2 Å². The van der Waals surface area contributed by atoms with E-state index in [2.05, 4.69) is 26.6 Å². The molecule has 0 aliphatic carbocycles. The second-order valence-electron chi connectivity index (χ2n) is 4.20. The minimum absolute atomic E-state index is 0.0111. The van der Waals surface area contributed by atoms with Crippen LogP contribution in [-0.2, 0) is 14.6 Å². The number of benzene rings is 1. The molecule has 1 atom stereocenters. The van der Waals surface area contributed by atoms with E-state index < -0.39 is 9.84 Å². The predicted octanol–water partition coefficient (Wildman–Crippen LogP) is 1.29. The Balaban J connectivity index is 1.81. The van der Waals surface area contributed by atoms with Gasteiger partial charge in [0.15, 0.2) is 9.84 Å². The molecule has 1 aliphatic heterocycles. The van der Waals surface area contributed by atoms with Gasteiger partial charge in [0.25, 0.3) is 0 Å². The third-order valence-electron chi connectivity index (χ3n) is 2.56. The van der Waals surface area contributed by atoms with Crippen molar-refractivity contribution in [1.82, 2.24) is 5.32 Å². The summed E-state index contributed by atoms with van der Waals surface area (Å²) < 4.78 is 23.2. The summed E-state index contributed by atoms with van der Waals surface area (Å²) in [6.45, 7) is 0.0665. The van der Waals surface area contributed by atoms with E-state index in [-0.39, 0.29) is 24.2 Å². The summed E-state index contributed by atoms with van der Waals surface area (Å²) in [4.78, 5) is 11.7. The molecule has 102 valence electrons. The molecular formula is C12H13BrN2O3S. The van der Waals surface area contributed by atoms with Gasteiger partial charge in [0.2, 0.25) is 5.91 Å². The van der Waals surface area contributed by atoms with Crippen LogP contribution < -0.4 is 10.6 Å². The molecule has 1 unspecified atom stereocenters.